The Kier molecular flexibility index (Phi) is 2.44. The summed E-state index contributed by atoms with van der Waals surface area (Å²) in [4.78, 5) is 8.94. The van der Waals surface area contributed by atoms with E-state index < -0.39 is 0 Å². The zero-order chi connectivity index (χ0) is 13.6. The van der Waals surface area contributed by atoms with Gasteiger partial charge in [-0.1, -0.05) is 13.0 Å². The topological polar surface area (TPSA) is 44.4 Å². The summed E-state index contributed by atoms with van der Waals surface area (Å²) in [6.07, 6.45) is 7.78. The first-order chi connectivity index (χ1) is 9.75. The molecule has 0 spiro atoms. The molecule has 0 radical (unpaired) electrons. The first kappa shape index (κ1) is 11.7. The summed E-state index contributed by atoms with van der Waals surface area (Å²) in [6, 6.07) is 6.00. The highest BCUT2D eigenvalue weighted by Gasteiger charge is 2.34. The second-order valence-electron chi connectivity index (χ2n) is 5.75. The minimum absolute atomic E-state index is 0.218. The molecule has 0 aromatic carbocycles. The van der Waals surface area contributed by atoms with Gasteiger partial charge in [-0.15, -0.1) is 0 Å². The van der Waals surface area contributed by atoms with E-state index >= 15 is 0 Å². The molecule has 4 heterocycles. The number of ether oxygens (including phenoxy) is 1. The fourth-order valence-electron chi connectivity index (χ4n) is 2.72. The van der Waals surface area contributed by atoms with Gasteiger partial charge in [0.1, 0.15) is 11.3 Å². The maximum absolute atomic E-state index is 5.34. The van der Waals surface area contributed by atoms with Crippen molar-refractivity contribution >= 4 is 5.65 Å². The van der Waals surface area contributed by atoms with Crippen molar-refractivity contribution in [2.75, 3.05) is 13.2 Å². The van der Waals surface area contributed by atoms with Gasteiger partial charge in [-0.3, -0.25) is 4.40 Å². The predicted molar refractivity (Wildman–Crippen MR) is 75.3 cm³/mol. The van der Waals surface area contributed by atoms with E-state index in [2.05, 4.69) is 25.9 Å². The summed E-state index contributed by atoms with van der Waals surface area (Å²) in [5, 5.41) is 0. The second kappa shape index (κ2) is 4.18. The van der Waals surface area contributed by atoms with Crippen LogP contribution in [0.1, 0.15) is 6.92 Å². The standard InChI is InChI=1S/C15H16N4O/c1-15(10-20-11-15)9-18-7-5-16-14(18)12-8-17-13-4-2-3-6-19(12)13/h2-8H,9-11H2,1H3. The van der Waals surface area contributed by atoms with Crippen molar-refractivity contribution in [3.8, 4) is 11.5 Å². The average molecular weight is 268 g/mol. The molecule has 0 atom stereocenters. The van der Waals surface area contributed by atoms with Crippen molar-refractivity contribution in [1.82, 2.24) is 18.9 Å². The normalized spacial score (nSPS) is 17.2. The van der Waals surface area contributed by atoms with Gasteiger partial charge < -0.3 is 9.30 Å². The minimum Gasteiger partial charge on any atom is -0.380 e. The van der Waals surface area contributed by atoms with E-state index in [9.17, 15) is 0 Å². The summed E-state index contributed by atoms with van der Waals surface area (Å²) in [5.41, 5.74) is 2.18. The molecule has 5 nitrogen and oxygen atoms in total. The molecule has 0 saturated carbocycles. The Morgan fingerprint density at radius 3 is 2.95 bits per heavy atom. The van der Waals surface area contributed by atoms with Gasteiger partial charge in [0.25, 0.3) is 0 Å². The number of nitrogens with zero attached hydrogens (tertiary/aromatic N) is 4. The monoisotopic (exact) mass is 268 g/mol. The molecule has 1 aliphatic rings. The Morgan fingerprint density at radius 1 is 1.25 bits per heavy atom. The highest BCUT2D eigenvalue weighted by atomic mass is 16.5. The molecule has 102 valence electrons. The largest absolute Gasteiger partial charge is 0.380 e. The van der Waals surface area contributed by atoms with Crippen LogP contribution in [0.2, 0.25) is 0 Å². The lowest BCUT2D eigenvalue weighted by Gasteiger charge is -2.38. The molecule has 3 aromatic rings. The van der Waals surface area contributed by atoms with Gasteiger partial charge in [0.2, 0.25) is 0 Å². The van der Waals surface area contributed by atoms with Crippen LogP contribution in [0.25, 0.3) is 17.2 Å². The molecule has 4 rings (SSSR count). The predicted octanol–water partition coefficient (Wildman–Crippen LogP) is 2.23. The number of hydrogen-bond acceptors (Lipinski definition) is 3. The van der Waals surface area contributed by atoms with Gasteiger partial charge >= 0.3 is 0 Å². The summed E-state index contributed by atoms with van der Waals surface area (Å²) in [5.74, 6) is 0.955. The van der Waals surface area contributed by atoms with Crippen LogP contribution >= 0.6 is 0 Å². The fourth-order valence-corrected chi connectivity index (χ4v) is 2.72. The van der Waals surface area contributed by atoms with Gasteiger partial charge in [0.05, 0.1) is 19.4 Å². The van der Waals surface area contributed by atoms with Crippen LogP contribution in [0, 0.1) is 5.41 Å². The summed E-state index contributed by atoms with van der Waals surface area (Å²) < 4.78 is 9.60. The Bertz CT molecular complexity index is 754. The highest BCUT2D eigenvalue weighted by Crippen LogP contribution is 2.30. The van der Waals surface area contributed by atoms with E-state index in [0.717, 1.165) is 36.9 Å². The van der Waals surface area contributed by atoms with E-state index in [1.807, 2.05) is 43.0 Å². The summed E-state index contributed by atoms with van der Waals surface area (Å²) in [7, 11) is 0. The van der Waals surface area contributed by atoms with Crippen LogP contribution in [-0.2, 0) is 11.3 Å². The van der Waals surface area contributed by atoms with E-state index in [-0.39, 0.29) is 5.41 Å². The van der Waals surface area contributed by atoms with Crippen LogP contribution < -0.4 is 0 Å². The highest BCUT2D eigenvalue weighted by molar-refractivity contribution is 5.57. The maximum atomic E-state index is 5.34. The molecule has 1 fully saturated rings. The Hall–Kier alpha value is -2.14. The molecule has 1 aliphatic heterocycles. The molecule has 0 bridgehead atoms. The third-order valence-corrected chi connectivity index (χ3v) is 3.81. The van der Waals surface area contributed by atoms with Crippen molar-refractivity contribution in [1.29, 1.82) is 0 Å². The fraction of sp³-hybridized carbons (Fsp3) is 0.333. The number of aromatic nitrogens is 4. The van der Waals surface area contributed by atoms with E-state index in [0.29, 0.717) is 0 Å². The molecular weight excluding hydrogens is 252 g/mol. The first-order valence-corrected chi connectivity index (χ1v) is 6.77. The summed E-state index contributed by atoms with van der Waals surface area (Å²) in [6.45, 7) is 4.80. The van der Waals surface area contributed by atoms with Crippen LogP contribution in [0.3, 0.4) is 0 Å². The van der Waals surface area contributed by atoms with E-state index in [1.165, 1.54) is 0 Å². The van der Waals surface area contributed by atoms with Gasteiger partial charge in [-0.2, -0.15) is 0 Å². The smallest absolute Gasteiger partial charge is 0.158 e. The minimum atomic E-state index is 0.218. The molecular formula is C15H16N4O. The Labute approximate surface area is 116 Å². The molecule has 5 heteroatoms. The lowest BCUT2D eigenvalue weighted by Crippen LogP contribution is -2.43. The van der Waals surface area contributed by atoms with E-state index in [1.54, 1.807) is 0 Å². The Balaban J connectivity index is 1.77. The number of pyridine rings is 1. The molecule has 0 unspecified atom stereocenters. The van der Waals surface area contributed by atoms with Crippen molar-refractivity contribution in [2.45, 2.75) is 13.5 Å². The number of imidazole rings is 2. The quantitative estimate of drug-likeness (QED) is 0.731. The summed E-state index contributed by atoms with van der Waals surface area (Å²) >= 11 is 0. The van der Waals surface area contributed by atoms with Crippen LogP contribution in [0.5, 0.6) is 0 Å². The second-order valence-corrected chi connectivity index (χ2v) is 5.75. The van der Waals surface area contributed by atoms with Crippen molar-refractivity contribution < 1.29 is 4.74 Å². The third kappa shape index (κ3) is 1.74. The molecule has 20 heavy (non-hydrogen) atoms. The molecule has 3 aromatic heterocycles. The van der Waals surface area contributed by atoms with E-state index in [4.69, 9.17) is 4.74 Å². The molecule has 0 amide bonds. The maximum Gasteiger partial charge on any atom is 0.158 e. The van der Waals surface area contributed by atoms with Gasteiger partial charge in [0, 0.05) is 30.6 Å². The number of rotatable bonds is 3. The Morgan fingerprint density at radius 2 is 2.15 bits per heavy atom. The zero-order valence-corrected chi connectivity index (χ0v) is 11.4. The third-order valence-electron chi connectivity index (χ3n) is 3.81. The number of hydrogen-bond donors (Lipinski definition) is 0. The van der Waals surface area contributed by atoms with Crippen LogP contribution in [0.4, 0.5) is 0 Å². The number of fused-ring (bicyclic) bond motifs is 1. The van der Waals surface area contributed by atoms with Crippen molar-refractivity contribution in [3.63, 3.8) is 0 Å². The first-order valence-electron chi connectivity index (χ1n) is 6.77. The molecule has 1 saturated heterocycles. The van der Waals surface area contributed by atoms with Gasteiger partial charge in [0.15, 0.2) is 5.82 Å². The lowest BCUT2D eigenvalue weighted by atomic mass is 9.88. The van der Waals surface area contributed by atoms with Crippen LogP contribution in [-0.4, -0.2) is 32.1 Å². The SMILES string of the molecule is CC1(Cn2ccnc2-c2cnc3ccccn23)COC1. The molecule has 0 N–H and O–H groups in total. The lowest BCUT2D eigenvalue weighted by molar-refractivity contribution is -0.109. The van der Waals surface area contributed by atoms with Crippen molar-refractivity contribution in [3.05, 3.63) is 43.0 Å². The average Bonchev–Trinajstić information content (AvgIpc) is 3.02. The zero-order valence-electron chi connectivity index (χ0n) is 11.4. The van der Waals surface area contributed by atoms with Gasteiger partial charge in [-0.05, 0) is 12.1 Å². The van der Waals surface area contributed by atoms with Gasteiger partial charge in [-0.25, -0.2) is 9.97 Å². The van der Waals surface area contributed by atoms with Crippen LogP contribution in [0.15, 0.2) is 43.0 Å². The van der Waals surface area contributed by atoms with Crippen molar-refractivity contribution in [2.24, 2.45) is 5.41 Å². The molecule has 0 aliphatic carbocycles.